The molecule has 18 atom stereocenters. The maximum atomic E-state index is 14.3. The number of nitrogens with two attached hydrogens (primary N) is 4. The first-order valence-electron chi connectivity index (χ1n) is 47.9. The van der Waals surface area contributed by atoms with E-state index in [0.717, 1.165) is 0 Å². The largest absolute Gasteiger partial charge is 0.394 e. The molecule has 0 radical (unpaired) electrons. The van der Waals surface area contributed by atoms with Crippen LogP contribution in [0.3, 0.4) is 0 Å². The highest BCUT2D eigenvalue weighted by Gasteiger charge is 2.41. The Kier molecular flexibility index (Phi) is 57.5. The number of likely N-dealkylation sites (tertiary alicyclic amines) is 1. The Morgan fingerprint density at radius 1 is 0.326 bits per heavy atom. The van der Waals surface area contributed by atoms with Crippen LogP contribution in [-0.4, -0.2) is 278 Å². The molecule has 0 aromatic heterocycles. The predicted octanol–water partition coefficient (Wildman–Crippen LogP) is -3.38. The molecule has 0 saturated carbocycles. The molecule has 0 aromatic rings. The van der Waals surface area contributed by atoms with Crippen molar-refractivity contribution in [2.75, 3.05) is 59.0 Å². The lowest BCUT2D eigenvalue weighted by atomic mass is 9.95. The van der Waals surface area contributed by atoms with E-state index in [1.54, 1.807) is 111 Å². The fourth-order valence-electron chi connectivity index (χ4n) is 14.6. The zero-order chi connectivity index (χ0) is 103. The molecule has 0 bridgehead atoms. The van der Waals surface area contributed by atoms with Gasteiger partial charge in [-0.2, -0.15) is 0 Å². The van der Waals surface area contributed by atoms with Crippen molar-refractivity contribution in [2.45, 2.75) is 339 Å². The number of nitrogens with zero attached hydrogens (tertiary/aromatic N) is 1. The summed E-state index contributed by atoms with van der Waals surface area (Å²) in [5, 5.41) is 56.6. The molecule has 44 heteroatoms. The Hall–Kier alpha value is -10.8. The van der Waals surface area contributed by atoms with E-state index < -0.39 is 260 Å². The number of aliphatic hydroxyl groups excluding tert-OH is 1. The summed E-state index contributed by atoms with van der Waals surface area (Å²) < 4.78 is 0. The second kappa shape index (κ2) is 63.5. The van der Waals surface area contributed by atoms with Gasteiger partial charge in [-0.1, -0.05) is 158 Å². The number of rotatable bonds is 65. The van der Waals surface area contributed by atoms with Crippen molar-refractivity contribution in [3.05, 3.63) is 0 Å². The van der Waals surface area contributed by atoms with Crippen molar-refractivity contribution in [1.82, 2.24) is 101 Å². The monoisotopic (exact) mass is 1920 g/mol. The van der Waals surface area contributed by atoms with E-state index in [0.29, 0.717) is 57.9 Å². The molecule has 0 aliphatic carbocycles. The number of primary amides is 1. The van der Waals surface area contributed by atoms with Gasteiger partial charge < -0.3 is 129 Å². The van der Waals surface area contributed by atoms with E-state index in [4.69, 9.17) is 22.9 Å². The number of amides is 20. The number of aliphatic hydroxyl groups is 1. The standard InChI is InChI=1S/C91H165N23O21/c1-22-54(18)72(94)88(132)113-76(56(20)24-3)90(134)100-45-71(120)114-35-29-32-66(114)87(131)111-74(53(16)17)91(135)109-61(37-48(6)7)80(124)98-43-69(118)103-63(39-50(10)11)85(129)110-73(52(14)15)89(133)99-44-70(119)104-65(46-115)86(130)101-57(21)78(122)107-60(36-47(4)5)79(123)97-41-67(116)96-42-68(117)102-62(38-49(8)9)83(127)108-64(40-51(12)13)84(128)106-58(30-25-27-33-92)81(125)105-59(31-26-28-34-93)82(126)112-75(77(95)121)55(19)23-2/h47-66,72-76,115H,22-46,92-94H2,1-21H3,(H2,95,121)(H,96,116)(H,97,123)(H,98,124)(H,99,133)(H,100,134)(H,101,130)(H,102,117)(H,103,118)(H,104,119)(H,105,125)(H,106,128)(H,107,122)(H,108,127)(H,109,135)(H,110,129)(H,111,131)(H,112,126)(H,113,132)/t54-,55-,56-,57-,58-,59-,60-,61-,62-,63-,64-,65-,66-,72-,73-,74-,75-,76+/m0/s1. The Balaban J connectivity index is 3.08. The third-order valence-corrected chi connectivity index (χ3v) is 23.2. The lowest BCUT2D eigenvalue weighted by Crippen LogP contribution is -2.59. The Morgan fingerprint density at radius 2 is 0.652 bits per heavy atom. The van der Waals surface area contributed by atoms with Crippen molar-refractivity contribution >= 4 is 118 Å². The fraction of sp³-hybridized carbons (Fsp3) is 0.780. The highest BCUT2D eigenvalue weighted by molar-refractivity contribution is 6.01. The second-order valence-corrected chi connectivity index (χ2v) is 38.2. The van der Waals surface area contributed by atoms with E-state index in [1.807, 2.05) is 27.7 Å². The smallest absolute Gasteiger partial charge is 0.245 e. The minimum absolute atomic E-state index is 0.0176. The van der Waals surface area contributed by atoms with Crippen LogP contribution in [0.1, 0.15) is 248 Å². The summed E-state index contributed by atoms with van der Waals surface area (Å²) in [6, 6.07) is -18.2. The van der Waals surface area contributed by atoms with Crippen LogP contribution >= 0.6 is 0 Å². The molecule has 27 N–H and O–H groups in total. The number of hydrogen-bond acceptors (Lipinski definition) is 24. The molecule has 0 aromatic carbocycles. The molecule has 135 heavy (non-hydrogen) atoms. The first-order chi connectivity index (χ1) is 63.2. The summed E-state index contributed by atoms with van der Waals surface area (Å²) in [4.78, 5) is 274. The summed E-state index contributed by atoms with van der Waals surface area (Å²) in [7, 11) is 0. The maximum absolute atomic E-state index is 14.3. The molecule has 1 fully saturated rings. The molecular formula is C91H165N23O21. The minimum atomic E-state index is -1.70. The van der Waals surface area contributed by atoms with Gasteiger partial charge in [-0.05, 0) is 163 Å². The Bertz CT molecular complexity index is 3890. The van der Waals surface area contributed by atoms with Gasteiger partial charge in [0.2, 0.25) is 118 Å². The zero-order valence-electron chi connectivity index (χ0n) is 83.5. The maximum Gasteiger partial charge on any atom is 0.245 e. The number of carbonyl (C=O) groups is 20. The van der Waals surface area contributed by atoms with Crippen molar-refractivity contribution in [3.63, 3.8) is 0 Å². The van der Waals surface area contributed by atoms with Crippen LogP contribution < -0.4 is 119 Å². The first kappa shape index (κ1) is 122. The predicted molar refractivity (Wildman–Crippen MR) is 506 cm³/mol. The van der Waals surface area contributed by atoms with Gasteiger partial charge in [-0.25, -0.2) is 0 Å². The van der Waals surface area contributed by atoms with Gasteiger partial charge in [-0.15, -0.1) is 0 Å². The first-order valence-corrected chi connectivity index (χ1v) is 47.9. The van der Waals surface area contributed by atoms with Crippen LogP contribution in [0.25, 0.3) is 0 Å². The average molecular weight is 1920 g/mol. The number of unbranched alkanes of at least 4 members (excludes halogenated alkanes) is 2. The molecule has 44 nitrogen and oxygen atoms in total. The lowest BCUT2D eigenvalue weighted by molar-refractivity contribution is -0.140. The van der Waals surface area contributed by atoms with Gasteiger partial charge in [0.15, 0.2) is 0 Å². The van der Waals surface area contributed by atoms with E-state index in [1.165, 1.54) is 11.8 Å². The van der Waals surface area contributed by atoms with Gasteiger partial charge in [0.25, 0.3) is 0 Å². The minimum Gasteiger partial charge on any atom is -0.394 e. The van der Waals surface area contributed by atoms with Gasteiger partial charge >= 0.3 is 0 Å². The Labute approximate surface area is 796 Å². The molecule has 1 aliphatic heterocycles. The van der Waals surface area contributed by atoms with Gasteiger partial charge in [0.05, 0.1) is 45.4 Å². The SMILES string of the molecule is CC[C@H](C)[C@H](N)C(=O)N[C@@H](C(=O)NCC(=O)N1CCC[C@H]1C(=O)N[C@H](C(=O)N[C@@H](CC(C)C)C(=O)NCC(=O)N[C@@H](CC(C)C)C(=O)N[C@H](C(=O)NCC(=O)N[C@@H](CO)C(=O)N[C@@H](C)C(=O)N[C@@H](CC(C)C)C(=O)NCC(=O)NCC(=O)N[C@@H](CC(C)C)C(=O)N[C@@H](CC(C)C)C(=O)N[C@@H](CCCCN)C(=O)N[C@@H](CCCCN)C(=O)N[C@H](C(N)=O)[C@@H](C)CC)C(C)C)C(C)C)[C@@H](C)CC. The number of carbonyl (C=O) groups excluding carboxylic acids is 20. The Morgan fingerprint density at radius 3 is 1.07 bits per heavy atom. The zero-order valence-corrected chi connectivity index (χ0v) is 83.5. The fourth-order valence-corrected chi connectivity index (χ4v) is 14.6. The molecule has 1 heterocycles. The normalized spacial score (nSPS) is 16.4. The molecule has 0 unspecified atom stereocenters. The van der Waals surface area contributed by atoms with Crippen LogP contribution in [0, 0.1) is 59.2 Å². The highest BCUT2D eigenvalue weighted by Crippen LogP contribution is 2.21. The summed E-state index contributed by atoms with van der Waals surface area (Å²) in [6.45, 7) is 32.9. The molecule has 20 amide bonds. The molecule has 1 saturated heterocycles. The summed E-state index contributed by atoms with van der Waals surface area (Å²) >= 11 is 0. The summed E-state index contributed by atoms with van der Waals surface area (Å²) in [6.07, 6.45) is 4.72. The van der Waals surface area contributed by atoms with Gasteiger partial charge in [0.1, 0.15) is 84.6 Å². The molecule has 0 spiro atoms. The average Bonchev–Trinajstić information content (AvgIpc) is 1.74. The quantitative estimate of drug-likeness (QED) is 0.0264. The van der Waals surface area contributed by atoms with Crippen LogP contribution in [0.15, 0.2) is 0 Å². The third-order valence-electron chi connectivity index (χ3n) is 23.2. The van der Waals surface area contributed by atoms with Crippen LogP contribution in [0.4, 0.5) is 0 Å². The van der Waals surface area contributed by atoms with Crippen molar-refractivity contribution < 1.29 is 101 Å². The second-order valence-electron chi connectivity index (χ2n) is 38.2. The van der Waals surface area contributed by atoms with Gasteiger partial charge in [0, 0.05) is 6.54 Å². The van der Waals surface area contributed by atoms with Crippen LogP contribution in [0.5, 0.6) is 0 Å². The lowest BCUT2D eigenvalue weighted by Gasteiger charge is -2.30. The van der Waals surface area contributed by atoms with E-state index in [-0.39, 0.29) is 112 Å². The topological polar surface area (TPSA) is 685 Å². The van der Waals surface area contributed by atoms with E-state index in [2.05, 4.69) is 95.7 Å². The number of nitrogens with one attached hydrogen (secondary N) is 18. The van der Waals surface area contributed by atoms with Crippen LogP contribution in [0.2, 0.25) is 0 Å². The van der Waals surface area contributed by atoms with E-state index >= 15 is 0 Å². The van der Waals surface area contributed by atoms with Gasteiger partial charge in [-0.3, -0.25) is 95.9 Å². The molecule has 770 valence electrons. The van der Waals surface area contributed by atoms with Crippen molar-refractivity contribution in [2.24, 2.45) is 82.1 Å². The van der Waals surface area contributed by atoms with Crippen LogP contribution in [-0.2, 0) is 95.9 Å². The van der Waals surface area contributed by atoms with E-state index in [9.17, 15) is 101 Å². The number of hydrogen-bond donors (Lipinski definition) is 23. The summed E-state index contributed by atoms with van der Waals surface area (Å²) in [5.74, 6) is -18.4. The van der Waals surface area contributed by atoms with Crippen molar-refractivity contribution in [3.8, 4) is 0 Å². The summed E-state index contributed by atoms with van der Waals surface area (Å²) in [5.41, 5.74) is 23.3. The molecule has 1 aliphatic rings. The third kappa shape index (κ3) is 46.1. The highest BCUT2D eigenvalue weighted by atomic mass is 16.3. The molecular weight excluding hydrogens is 1750 g/mol. The van der Waals surface area contributed by atoms with Crippen molar-refractivity contribution in [1.29, 1.82) is 0 Å². The molecule has 1 rings (SSSR count).